The maximum Gasteiger partial charge on any atom is 0.326 e. The van der Waals surface area contributed by atoms with Crippen molar-refractivity contribution >= 4 is 29.2 Å². The standard InChI is InChI=1S/C23H22N2O2S/c1-16-11-12-18(15-17(16)2)27-14-13-24-23(26)25-19-7-3-5-9-21(19)28-22-10-6-4-8-20(22)25/h3-12,15H,13-14H2,1-2H3,(H,24,26). The van der Waals surface area contributed by atoms with Gasteiger partial charge in [0.25, 0.3) is 0 Å². The summed E-state index contributed by atoms with van der Waals surface area (Å²) in [6.07, 6.45) is 0. The first kappa shape index (κ1) is 18.4. The Bertz CT molecular complexity index is 973. The van der Waals surface area contributed by atoms with Crippen LogP contribution in [0.15, 0.2) is 76.5 Å². The van der Waals surface area contributed by atoms with Gasteiger partial charge in [0.1, 0.15) is 12.4 Å². The number of fused-ring (bicyclic) bond motifs is 2. The Hall–Kier alpha value is -2.92. The van der Waals surface area contributed by atoms with E-state index in [1.54, 1.807) is 16.7 Å². The fourth-order valence-corrected chi connectivity index (χ4v) is 4.19. The van der Waals surface area contributed by atoms with Gasteiger partial charge in [-0.15, -0.1) is 0 Å². The zero-order chi connectivity index (χ0) is 19.5. The molecular weight excluding hydrogens is 368 g/mol. The normalized spacial score (nSPS) is 12.1. The molecule has 3 aromatic carbocycles. The Morgan fingerprint density at radius 1 is 0.929 bits per heavy atom. The molecule has 0 spiro atoms. The van der Waals surface area contributed by atoms with Crippen LogP contribution in [0.4, 0.5) is 16.2 Å². The third kappa shape index (κ3) is 3.71. The SMILES string of the molecule is Cc1ccc(OCCNC(=O)N2c3ccccc3Sc3ccccc32)cc1C. The predicted molar refractivity (Wildman–Crippen MR) is 114 cm³/mol. The second kappa shape index (κ2) is 7.98. The zero-order valence-corrected chi connectivity index (χ0v) is 16.8. The molecule has 0 saturated heterocycles. The van der Waals surface area contributed by atoms with Gasteiger partial charge in [0.15, 0.2) is 0 Å². The average Bonchev–Trinajstić information content (AvgIpc) is 2.71. The van der Waals surface area contributed by atoms with Crippen LogP contribution in [0.25, 0.3) is 0 Å². The van der Waals surface area contributed by atoms with Crippen molar-refractivity contribution in [3.8, 4) is 5.75 Å². The Labute approximate surface area is 169 Å². The fourth-order valence-electron chi connectivity index (χ4n) is 3.13. The van der Waals surface area contributed by atoms with Gasteiger partial charge in [-0.1, -0.05) is 42.1 Å². The van der Waals surface area contributed by atoms with Crippen LogP contribution in [0.2, 0.25) is 0 Å². The minimum absolute atomic E-state index is 0.149. The topological polar surface area (TPSA) is 41.6 Å². The number of hydrogen-bond acceptors (Lipinski definition) is 3. The molecule has 142 valence electrons. The number of rotatable bonds is 4. The first-order chi connectivity index (χ1) is 13.6. The molecule has 0 aliphatic carbocycles. The van der Waals surface area contributed by atoms with Crippen LogP contribution in [0.3, 0.4) is 0 Å². The number of nitrogens with zero attached hydrogens (tertiary/aromatic N) is 1. The van der Waals surface area contributed by atoms with E-state index in [-0.39, 0.29) is 6.03 Å². The molecule has 0 fully saturated rings. The number of anilines is 2. The van der Waals surface area contributed by atoms with Crippen molar-refractivity contribution in [2.75, 3.05) is 18.1 Å². The highest BCUT2D eigenvalue weighted by atomic mass is 32.2. The number of benzene rings is 3. The zero-order valence-electron chi connectivity index (χ0n) is 15.9. The van der Waals surface area contributed by atoms with E-state index in [2.05, 4.69) is 19.2 Å². The molecular formula is C23H22N2O2S. The number of carbonyl (C=O) groups excluding carboxylic acids is 1. The molecule has 28 heavy (non-hydrogen) atoms. The number of ether oxygens (including phenoxy) is 1. The monoisotopic (exact) mass is 390 g/mol. The third-order valence-electron chi connectivity index (χ3n) is 4.76. The van der Waals surface area contributed by atoms with E-state index >= 15 is 0 Å². The highest BCUT2D eigenvalue weighted by molar-refractivity contribution is 7.99. The summed E-state index contributed by atoms with van der Waals surface area (Å²) in [7, 11) is 0. The van der Waals surface area contributed by atoms with Crippen LogP contribution >= 0.6 is 11.8 Å². The van der Waals surface area contributed by atoms with E-state index in [9.17, 15) is 4.79 Å². The van der Waals surface area contributed by atoms with Crippen LogP contribution < -0.4 is 15.0 Å². The summed E-state index contributed by atoms with van der Waals surface area (Å²) in [5.74, 6) is 0.822. The van der Waals surface area contributed by atoms with Gasteiger partial charge in [-0.05, 0) is 61.4 Å². The minimum atomic E-state index is -0.149. The van der Waals surface area contributed by atoms with Crippen molar-refractivity contribution in [2.45, 2.75) is 23.6 Å². The second-order valence-electron chi connectivity index (χ2n) is 6.70. The van der Waals surface area contributed by atoms with Crippen molar-refractivity contribution in [1.82, 2.24) is 5.32 Å². The minimum Gasteiger partial charge on any atom is -0.492 e. The molecule has 0 radical (unpaired) electrons. The number of amides is 2. The summed E-state index contributed by atoms with van der Waals surface area (Å²) in [5.41, 5.74) is 4.24. The lowest BCUT2D eigenvalue weighted by atomic mass is 10.1. The summed E-state index contributed by atoms with van der Waals surface area (Å²) in [4.78, 5) is 16.9. The molecule has 1 N–H and O–H groups in total. The van der Waals surface area contributed by atoms with Gasteiger partial charge >= 0.3 is 6.03 Å². The van der Waals surface area contributed by atoms with E-state index in [1.807, 2.05) is 66.7 Å². The second-order valence-corrected chi connectivity index (χ2v) is 7.78. The van der Waals surface area contributed by atoms with Crippen LogP contribution in [-0.4, -0.2) is 19.2 Å². The first-order valence-electron chi connectivity index (χ1n) is 9.27. The summed E-state index contributed by atoms with van der Waals surface area (Å²) >= 11 is 1.69. The molecule has 2 amide bonds. The van der Waals surface area contributed by atoms with Crippen LogP contribution in [-0.2, 0) is 0 Å². The first-order valence-corrected chi connectivity index (χ1v) is 10.1. The fraction of sp³-hybridized carbons (Fsp3) is 0.174. The van der Waals surface area contributed by atoms with Crippen LogP contribution in [0.5, 0.6) is 5.75 Å². The van der Waals surface area contributed by atoms with Crippen LogP contribution in [0, 0.1) is 13.8 Å². The Kier molecular flexibility index (Phi) is 5.26. The lowest BCUT2D eigenvalue weighted by Crippen LogP contribution is -2.40. The van der Waals surface area contributed by atoms with E-state index in [1.165, 1.54) is 11.1 Å². The number of urea groups is 1. The highest BCUT2D eigenvalue weighted by Crippen LogP contribution is 2.47. The lowest BCUT2D eigenvalue weighted by Gasteiger charge is -2.31. The Morgan fingerprint density at radius 2 is 1.57 bits per heavy atom. The quantitative estimate of drug-likeness (QED) is 0.582. The number of nitrogens with one attached hydrogen (secondary N) is 1. The maximum absolute atomic E-state index is 13.0. The number of para-hydroxylation sites is 2. The van der Waals surface area contributed by atoms with Gasteiger partial charge in [0.2, 0.25) is 0 Å². The summed E-state index contributed by atoms with van der Waals surface area (Å²) in [5, 5.41) is 2.98. The highest BCUT2D eigenvalue weighted by Gasteiger charge is 2.27. The van der Waals surface area contributed by atoms with Crippen molar-refractivity contribution < 1.29 is 9.53 Å². The van der Waals surface area contributed by atoms with Gasteiger partial charge in [0, 0.05) is 9.79 Å². The predicted octanol–water partition coefficient (Wildman–Crippen LogP) is 5.69. The van der Waals surface area contributed by atoms with Crippen molar-refractivity contribution in [3.63, 3.8) is 0 Å². The van der Waals surface area contributed by atoms with Crippen molar-refractivity contribution in [1.29, 1.82) is 0 Å². The molecule has 3 aromatic rings. The van der Waals surface area contributed by atoms with Gasteiger partial charge in [-0.3, -0.25) is 4.90 Å². The molecule has 1 aliphatic rings. The third-order valence-corrected chi connectivity index (χ3v) is 5.89. The Morgan fingerprint density at radius 3 is 2.21 bits per heavy atom. The number of carbonyl (C=O) groups is 1. The lowest BCUT2D eigenvalue weighted by molar-refractivity contribution is 0.243. The van der Waals surface area contributed by atoms with E-state index in [0.29, 0.717) is 13.2 Å². The smallest absolute Gasteiger partial charge is 0.326 e. The van der Waals surface area contributed by atoms with Crippen molar-refractivity contribution in [3.05, 3.63) is 77.9 Å². The maximum atomic E-state index is 13.0. The average molecular weight is 391 g/mol. The Balaban J connectivity index is 1.44. The molecule has 1 aliphatic heterocycles. The largest absolute Gasteiger partial charge is 0.492 e. The molecule has 0 bridgehead atoms. The summed E-state index contributed by atoms with van der Waals surface area (Å²) < 4.78 is 5.78. The number of aryl methyl sites for hydroxylation is 2. The molecule has 5 heteroatoms. The molecule has 4 rings (SSSR count). The van der Waals surface area contributed by atoms with Gasteiger partial charge in [-0.2, -0.15) is 0 Å². The van der Waals surface area contributed by atoms with E-state index in [0.717, 1.165) is 26.9 Å². The molecule has 1 heterocycles. The van der Waals surface area contributed by atoms with Crippen molar-refractivity contribution in [2.24, 2.45) is 0 Å². The van der Waals surface area contributed by atoms with Gasteiger partial charge < -0.3 is 10.1 Å². The van der Waals surface area contributed by atoms with Gasteiger partial charge in [0.05, 0.1) is 17.9 Å². The summed E-state index contributed by atoms with van der Waals surface area (Å²) in [6.45, 7) is 4.99. The molecule has 0 unspecified atom stereocenters. The molecule has 0 saturated carbocycles. The molecule has 4 nitrogen and oxygen atoms in total. The van der Waals surface area contributed by atoms with Crippen LogP contribution in [0.1, 0.15) is 11.1 Å². The summed E-state index contributed by atoms with van der Waals surface area (Å²) in [6, 6.07) is 21.8. The van der Waals surface area contributed by atoms with E-state index in [4.69, 9.17) is 4.74 Å². The molecule has 0 atom stereocenters. The van der Waals surface area contributed by atoms with E-state index < -0.39 is 0 Å². The number of hydrogen-bond donors (Lipinski definition) is 1. The van der Waals surface area contributed by atoms with Gasteiger partial charge in [-0.25, -0.2) is 4.79 Å². The molecule has 0 aromatic heterocycles.